The Labute approximate surface area is 232 Å². The molecule has 0 spiro atoms. The van der Waals surface area contributed by atoms with E-state index in [0.717, 1.165) is 0 Å². The molecule has 0 nitrogen and oxygen atoms in total. The highest BCUT2D eigenvalue weighted by Gasteiger charge is 1.94. The summed E-state index contributed by atoms with van der Waals surface area (Å²) in [6, 6.07) is 0. The predicted octanol–water partition coefficient (Wildman–Crippen LogP) is 14.3. The molecule has 0 atom stereocenters. The topological polar surface area (TPSA) is 0 Å². The van der Waals surface area contributed by atoms with Crippen LogP contribution >= 0.6 is 0 Å². The molecule has 0 aliphatic rings. The lowest BCUT2D eigenvalue weighted by atomic mass is 10.0. The summed E-state index contributed by atoms with van der Waals surface area (Å²) in [5, 5.41) is 0. The van der Waals surface area contributed by atoms with Crippen molar-refractivity contribution in [2.24, 2.45) is 0 Å². The Morgan fingerprint density at radius 2 is 0.389 bits per heavy atom. The molecule has 0 heteroatoms. The van der Waals surface area contributed by atoms with Gasteiger partial charge in [-0.2, -0.15) is 0 Å². The zero-order valence-electron chi connectivity index (χ0n) is 26.4. The maximum atomic E-state index is 2.41. The molecule has 0 aromatic carbocycles. The molecule has 0 saturated carbocycles. The normalized spacial score (nSPS) is 11.2. The molecule has 0 aliphatic heterocycles. The Morgan fingerprint density at radius 3 is 0.583 bits per heavy atom. The molecule has 0 heterocycles. The molecule has 0 amide bonds. The van der Waals surface area contributed by atoms with E-state index in [9.17, 15) is 0 Å². The van der Waals surface area contributed by atoms with Crippen LogP contribution < -0.4 is 0 Å². The van der Waals surface area contributed by atoms with Crippen LogP contribution in [-0.4, -0.2) is 0 Å². The summed E-state index contributed by atoms with van der Waals surface area (Å²) in [4.78, 5) is 0. The van der Waals surface area contributed by atoms with Gasteiger partial charge in [0.05, 0.1) is 0 Å². The van der Waals surface area contributed by atoms with Crippen LogP contribution in [0.5, 0.6) is 0 Å². The zero-order chi connectivity index (χ0) is 26.6. The molecule has 0 bridgehead atoms. The first kappa shape index (κ1) is 37.9. The Hall–Kier alpha value is -0.260. The molecule has 36 heavy (non-hydrogen) atoms. The molecular formula is C36H74. The second-order valence-electron chi connectivity index (χ2n) is 11.5. The molecule has 0 aliphatic carbocycles. The van der Waals surface area contributed by atoms with E-state index in [1.165, 1.54) is 193 Å². The van der Waals surface area contributed by atoms with Gasteiger partial charge in [0, 0.05) is 0 Å². The third kappa shape index (κ3) is 40.9. The smallest absolute Gasteiger partial charge is 0.0351 e. The van der Waals surface area contributed by atoms with Gasteiger partial charge in [-0.15, -0.1) is 0 Å². The van der Waals surface area contributed by atoms with Crippen LogP contribution in [0.2, 0.25) is 0 Å². The van der Waals surface area contributed by atoms with Crippen molar-refractivity contribution < 1.29 is 0 Å². The molecule has 0 unspecified atom stereocenters. The summed E-state index contributed by atoms with van der Waals surface area (Å²) in [5.74, 6) is 0. The lowest BCUT2D eigenvalue weighted by Gasteiger charge is -2.03. The fraction of sp³-hybridized carbons (Fsp3) is 0.944. The highest BCUT2D eigenvalue weighted by Crippen LogP contribution is 2.14. The van der Waals surface area contributed by atoms with Crippen LogP contribution in [0, 0.1) is 0 Å². The van der Waals surface area contributed by atoms with Crippen molar-refractivity contribution in [3.63, 3.8) is 0 Å². The average molecular weight is 507 g/mol. The first-order valence-corrected chi connectivity index (χ1v) is 17.5. The molecule has 0 aromatic heterocycles. The van der Waals surface area contributed by atoms with Crippen molar-refractivity contribution in [1.29, 1.82) is 0 Å². The summed E-state index contributed by atoms with van der Waals surface area (Å²) in [6.45, 7) is 9.15. The Morgan fingerprint density at radius 1 is 0.222 bits per heavy atom. The number of hydrogen-bond acceptors (Lipinski definition) is 0. The molecule has 0 aromatic rings. The van der Waals surface area contributed by atoms with E-state index < -0.39 is 0 Å². The van der Waals surface area contributed by atoms with Gasteiger partial charge in [0.25, 0.3) is 0 Å². The quantitative estimate of drug-likeness (QED) is 0.0698. The molecule has 0 saturated heterocycles. The van der Waals surface area contributed by atoms with Crippen molar-refractivity contribution in [2.75, 3.05) is 0 Å². The molecule has 0 N–H and O–H groups in total. The summed E-state index contributed by atoms with van der Waals surface area (Å²) in [5.41, 5.74) is 0. The van der Waals surface area contributed by atoms with Crippen LogP contribution in [-0.2, 0) is 0 Å². The SMILES string of the molecule is CCCCCCCC/C=C\CCCCCCCC.CCCCCCCCCCCCCCCCCC. The maximum Gasteiger partial charge on any atom is -0.0351 e. The molecule has 0 rings (SSSR count). The molecule has 0 radical (unpaired) electrons. The van der Waals surface area contributed by atoms with Crippen molar-refractivity contribution >= 4 is 0 Å². The summed E-state index contributed by atoms with van der Waals surface area (Å²) < 4.78 is 0. The third-order valence-corrected chi connectivity index (χ3v) is 7.57. The number of unbranched alkanes of at least 4 members (excludes halogenated alkanes) is 27. The Kier molecular flexibility index (Phi) is 41.3. The van der Waals surface area contributed by atoms with Gasteiger partial charge in [-0.3, -0.25) is 0 Å². The average Bonchev–Trinajstić information content (AvgIpc) is 2.89. The van der Waals surface area contributed by atoms with Gasteiger partial charge in [0.15, 0.2) is 0 Å². The largest absolute Gasteiger partial charge is 0.0885 e. The highest BCUT2D eigenvalue weighted by molar-refractivity contribution is 4.81. The van der Waals surface area contributed by atoms with E-state index in [-0.39, 0.29) is 0 Å². The van der Waals surface area contributed by atoms with Crippen molar-refractivity contribution in [3.05, 3.63) is 12.2 Å². The van der Waals surface area contributed by atoms with E-state index in [0.29, 0.717) is 0 Å². The predicted molar refractivity (Wildman–Crippen MR) is 170 cm³/mol. The third-order valence-electron chi connectivity index (χ3n) is 7.57. The number of hydrogen-bond donors (Lipinski definition) is 0. The second-order valence-corrected chi connectivity index (χ2v) is 11.5. The van der Waals surface area contributed by atoms with Crippen LogP contribution in [0.1, 0.15) is 220 Å². The standard InChI is InChI=1S/C18H38.C18H36/c2*1-3-5-7-9-11-13-15-17-18-16-14-12-10-8-6-4-2/h3-18H2,1-2H3;17-18H,3-16H2,1-2H3/b;18-17-. The van der Waals surface area contributed by atoms with Gasteiger partial charge in [0.1, 0.15) is 0 Å². The summed E-state index contributed by atoms with van der Waals surface area (Å²) >= 11 is 0. The van der Waals surface area contributed by atoms with Crippen LogP contribution in [0.3, 0.4) is 0 Å². The van der Waals surface area contributed by atoms with Gasteiger partial charge in [-0.1, -0.05) is 207 Å². The molecular weight excluding hydrogens is 432 g/mol. The highest BCUT2D eigenvalue weighted by atomic mass is 14.0. The van der Waals surface area contributed by atoms with Crippen LogP contribution in [0.15, 0.2) is 12.2 Å². The van der Waals surface area contributed by atoms with Gasteiger partial charge in [-0.25, -0.2) is 0 Å². The second kappa shape index (κ2) is 39.3. The van der Waals surface area contributed by atoms with E-state index in [1.807, 2.05) is 0 Å². The van der Waals surface area contributed by atoms with E-state index in [2.05, 4.69) is 39.8 Å². The lowest BCUT2D eigenvalue weighted by molar-refractivity contribution is 0.531. The van der Waals surface area contributed by atoms with Gasteiger partial charge < -0.3 is 0 Å². The first-order valence-electron chi connectivity index (χ1n) is 17.5. The fourth-order valence-electron chi connectivity index (χ4n) is 4.94. The van der Waals surface area contributed by atoms with Gasteiger partial charge in [-0.05, 0) is 25.7 Å². The fourth-order valence-corrected chi connectivity index (χ4v) is 4.94. The van der Waals surface area contributed by atoms with Crippen molar-refractivity contribution in [1.82, 2.24) is 0 Å². The molecule has 0 fully saturated rings. The number of rotatable bonds is 29. The monoisotopic (exact) mass is 507 g/mol. The van der Waals surface area contributed by atoms with E-state index >= 15 is 0 Å². The van der Waals surface area contributed by atoms with E-state index in [1.54, 1.807) is 0 Å². The lowest BCUT2D eigenvalue weighted by Crippen LogP contribution is -1.83. The molecule has 218 valence electrons. The Bertz CT molecular complexity index is 321. The zero-order valence-corrected chi connectivity index (χ0v) is 26.4. The van der Waals surface area contributed by atoms with Gasteiger partial charge >= 0.3 is 0 Å². The minimum absolute atomic E-state index is 1.31. The van der Waals surface area contributed by atoms with E-state index in [4.69, 9.17) is 0 Å². The van der Waals surface area contributed by atoms with Crippen LogP contribution in [0.25, 0.3) is 0 Å². The maximum absolute atomic E-state index is 2.41. The summed E-state index contributed by atoms with van der Waals surface area (Å²) in [7, 11) is 0. The van der Waals surface area contributed by atoms with Gasteiger partial charge in [0.2, 0.25) is 0 Å². The summed E-state index contributed by atoms with van der Waals surface area (Å²) in [6.07, 6.45) is 47.8. The minimum atomic E-state index is 1.31. The minimum Gasteiger partial charge on any atom is -0.0885 e. The van der Waals surface area contributed by atoms with Crippen LogP contribution in [0.4, 0.5) is 0 Å². The van der Waals surface area contributed by atoms with Crippen molar-refractivity contribution in [3.8, 4) is 0 Å². The first-order chi connectivity index (χ1) is 17.8. The number of allylic oxidation sites excluding steroid dienone is 2. The van der Waals surface area contributed by atoms with Crippen molar-refractivity contribution in [2.45, 2.75) is 220 Å². The Balaban J connectivity index is 0.